The van der Waals surface area contributed by atoms with Crippen molar-refractivity contribution in [1.29, 1.82) is 0 Å². The molecule has 0 spiro atoms. The van der Waals surface area contributed by atoms with Crippen molar-refractivity contribution in [3.8, 4) is 0 Å². The predicted molar refractivity (Wildman–Crippen MR) is 98.8 cm³/mol. The van der Waals surface area contributed by atoms with Crippen LogP contribution in [-0.4, -0.2) is 43.7 Å². The second-order valence-corrected chi connectivity index (χ2v) is 6.04. The Labute approximate surface area is 148 Å². The summed E-state index contributed by atoms with van der Waals surface area (Å²) in [5.74, 6) is 0.591. The molecule has 1 saturated heterocycles. The van der Waals surface area contributed by atoms with Crippen LogP contribution in [0.3, 0.4) is 0 Å². The third-order valence-corrected chi connectivity index (χ3v) is 3.90. The number of halogens is 2. The molecule has 0 amide bonds. The molecule has 1 aromatic rings. The van der Waals surface area contributed by atoms with E-state index >= 15 is 0 Å². The van der Waals surface area contributed by atoms with Gasteiger partial charge in [-0.3, -0.25) is 4.99 Å². The number of aliphatic imine (C=N–C) groups is 1. The summed E-state index contributed by atoms with van der Waals surface area (Å²) in [6.07, 6.45) is 0. The van der Waals surface area contributed by atoms with E-state index in [4.69, 9.17) is 22.1 Å². The number of hydrogen-bond acceptors (Lipinski definition) is 2. The maximum absolute atomic E-state index is 6.27. The Morgan fingerprint density at radius 3 is 2.57 bits per heavy atom. The maximum atomic E-state index is 6.27. The monoisotopic (exact) mass is 423 g/mol. The summed E-state index contributed by atoms with van der Waals surface area (Å²) in [5.41, 5.74) is 7.01. The third kappa shape index (κ3) is 5.00. The topological polar surface area (TPSA) is 50.8 Å². The first-order valence-electron chi connectivity index (χ1n) is 6.88. The summed E-state index contributed by atoms with van der Waals surface area (Å²) in [7, 11) is 0. The van der Waals surface area contributed by atoms with Crippen LogP contribution in [0.15, 0.2) is 29.3 Å². The second-order valence-electron chi connectivity index (χ2n) is 5.64. The molecule has 0 saturated carbocycles. The van der Waals surface area contributed by atoms with Crippen LogP contribution in [0.4, 0.5) is 0 Å². The Balaban J connectivity index is 0.00000220. The van der Waals surface area contributed by atoms with Gasteiger partial charge in [-0.25, -0.2) is 0 Å². The highest BCUT2D eigenvalue weighted by atomic mass is 127. The molecule has 0 aliphatic carbocycles. The molecule has 2 N–H and O–H groups in total. The molecule has 0 bridgehead atoms. The minimum atomic E-state index is -0.144. The van der Waals surface area contributed by atoms with Gasteiger partial charge in [-0.05, 0) is 11.6 Å². The average Bonchev–Trinajstić information content (AvgIpc) is 2.46. The lowest BCUT2D eigenvalue weighted by atomic mass is 9.85. The zero-order valence-electron chi connectivity index (χ0n) is 12.5. The number of hydrogen-bond donors (Lipinski definition) is 1. The van der Waals surface area contributed by atoms with Gasteiger partial charge < -0.3 is 15.4 Å². The minimum Gasteiger partial charge on any atom is -0.378 e. The number of ether oxygens (including phenoxy) is 1. The molecule has 1 aromatic carbocycles. The van der Waals surface area contributed by atoms with E-state index in [1.54, 1.807) is 0 Å². The highest BCUT2D eigenvalue weighted by Crippen LogP contribution is 2.29. The van der Waals surface area contributed by atoms with Crippen molar-refractivity contribution in [2.45, 2.75) is 19.3 Å². The van der Waals surface area contributed by atoms with E-state index in [1.807, 2.05) is 24.3 Å². The molecule has 0 unspecified atom stereocenters. The average molecular weight is 424 g/mol. The van der Waals surface area contributed by atoms with Crippen molar-refractivity contribution in [2.75, 3.05) is 32.8 Å². The third-order valence-electron chi connectivity index (χ3n) is 3.57. The van der Waals surface area contributed by atoms with Crippen LogP contribution in [0.1, 0.15) is 19.4 Å². The lowest BCUT2D eigenvalue weighted by molar-refractivity contribution is 0.0674. The molecule has 21 heavy (non-hydrogen) atoms. The van der Waals surface area contributed by atoms with Gasteiger partial charge >= 0.3 is 0 Å². The Hall–Kier alpha value is -0.530. The Morgan fingerprint density at radius 2 is 1.95 bits per heavy atom. The standard InChI is InChI=1S/C15H22ClN3O.HI/c1-15(2,12-5-3-4-6-13(12)16)11-18-14(17)19-7-9-20-10-8-19;/h3-6H,7-11H2,1-2H3,(H2,17,18);1H. The smallest absolute Gasteiger partial charge is 0.191 e. The molecule has 1 aliphatic heterocycles. The molecule has 0 radical (unpaired) electrons. The fourth-order valence-electron chi connectivity index (χ4n) is 2.27. The van der Waals surface area contributed by atoms with Gasteiger partial charge in [0.15, 0.2) is 5.96 Å². The molecule has 1 aliphatic rings. The lowest BCUT2D eigenvalue weighted by Gasteiger charge is -2.29. The van der Waals surface area contributed by atoms with E-state index in [0.717, 1.165) is 23.7 Å². The number of nitrogens with zero attached hydrogens (tertiary/aromatic N) is 2. The summed E-state index contributed by atoms with van der Waals surface area (Å²) in [5, 5.41) is 0.776. The number of benzene rings is 1. The van der Waals surface area contributed by atoms with Crippen molar-refractivity contribution < 1.29 is 4.74 Å². The highest BCUT2D eigenvalue weighted by Gasteiger charge is 2.23. The number of morpholine rings is 1. The minimum absolute atomic E-state index is 0. The predicted octanol–water partition coefficient (Wildman–Crippen LogP) is 2.88. The molecule has 6 heteroatoms. The normalized spacial score (nSPS) is 16.5. The van der Waals surface area contributed by atoms with Crippen LogP contribution >= 0.6 is 35.6 Å². The number of nitrogens with two attached hydrogens (primary N) is 1. The highest BCUT2D eigenvalue weighted by molar-refractivity contribution is 14.0. The van der Waals surface area contributed by atoms with Crippen LogP contribution in [0.2, 0.25) is 5.02 Å². The van der Waals surface area contributed by atoms with Crippen molar-refractivity contribution in [2.24, 2.45) is 10.7 Å². The van der Waals surface area contributed by atoms with Crippen molar-refractivity contribution in [3.63, 3.8) is 0 Å². The van der Waals surface area contributed by atoms with Crippen molar-refractivity contribution in [3.05, 3.63) is 34.9 Å². The van der Waals surface area contributed by atoms with Crippen LogP contribution in [0.5, 0.6) is 0 Å². The quantitative estimate of drug-likeness (QED) is 0.462. The second kappa shape index (κ2) is 8.19. The SMILES string of the molecule is CC(C)(CN=C(N)N1CCOCC1)c1ccccc1Cl.I. The summed E-state index contributed by atoms with van der Waals surface area (Å²) in [4.78, 5) is 6.60. The first-order valence-corrected chi connectivity index (χ1v) is 7.26. The molecule has 2 rings (SSSR count). The molecule has 118 valence electrons. The molecule has 0 atom stereocenters. The van der Waals surface area contributed by atoms with E-state index in [1.165, 1.54) is 0 Å². The zero-order valence-corrected chi connectivity index (χ0v) is 15.6. The van der Waals surface area contributed by atoms with Gasteiger partial charge in [0.25, 0.3) is 0 Å². The van der Waals surface area contributed by atoms with Gasteiger partial charge in [0, 0.05) is 23.5 Å². The molecule has 1 heterocycles. The van der Waals surface area contributed by atoms with Gasteiger partial charge in [-0.15, -0.1) is 24.0 Å². The van der Waals surface area contributed by atoms with Gasteiger partial charge in [0.2, 0.25) is 0 Å². The van der Waals surface area contributed by atoms with E-state index < -0.39 is 0 Å². The molecular formula is C15H23ClIN3O. The Kier molecular flexibility index (Phi) is 7.23. The first-order chi connectivity index (χ1) is 9.50. The van der Waals surface area contributed by atoms with Crippen molar-refractivity contribution in [1.82, 2.24) is 4.90 Å². The Morgan fingerprint density at radius 1 is 1.33 bits per heavy atom. The van der Waals surface area contributed by atoms with Crippen LogP contribution in [0, 0.1) is 0 Å². The van der Waals surface area contributed by atoms with Gasteiger partial charge in [-0.1, -0.05) is 43.6 Å². The van der Waals surface area contributed by atoms with E-state index in [9.17, 15) is 0 Å². The summed E-state index contributed by atoms with van der Waals surface area (Å²) in [6, 6.07) is 7.89. The van der Waals surface area contributed by atoms with Crippen LogP contribution < -0.4 is 5.73 Å². The summed E-state index contributed by atoms with van der Waals surface area (Å²) >= 11 is 6.27. The Bertz CT molecular complexity index is 488. The van der Waals surface area contributed by atoms with Crippen molar-refractivity contribution >= 4 is 41.5 Å². The largest absolute Gasteiger partial charge is 0.378 e. The van der Waals surface area contributed by atoms with Crippen LogP contribution in [-0.2, 0) is 10.2 Å². The van der Waals surface area contributed by atoms with E-state index in [0.29, 0.717) is 25.7 Å². The van der Waals surface area contributed by atoms with Gasteiger partial charge in [0.05, 0.1) is 19.8 Å². The first kappa shape index (κ1) is 18.5. The number of rotatable bonds is 3. The lowest BCUT2D eigenvalue weighted by Crippen LogP contribution is -2.45. The molecule has 4 nitrogen and oxygen atoms in total. The van der Waals surface area contributed by atoms with Gasteiger partial charge in [-0.2, -0.15) is 0 Å². The van der Waals surface area contributed by atoms with Crippen LogP contribution in [0.25, 0.3) is 0 Å². The number of guanidine groups is 1. The fourth-order valence-corrected chi connectivity index (χ4v) is 2.66. The maximum Gasteiger partial charge on any atom is 0.191 e. The molecule has 1 fully saturated rings. The fraction of sp³-hybridized carbons (Fsp3) is 0.533. The van der Waals surface area contributed by atoms with E-state index in [-0.39, 0.29) is 29.4 Å². The molecular weight excluding hydrogens is 401 g/mol. The van der Waals surface area contributed by atoms with Gasteiger partial charge in [0.1, 0.15) is 0 Å². The summed E-state index contributed by atoms with van der Waals surface area (Å²) in [6.45, 7) is 7.91. The summed E-state index contributed by atoms with van der Waals surface area (Å²) < 4.78 is 5.31. The molecule has 0 aromatic heterocycles. The van der Waals surface area contributed by atoms with E-state index in [2.05, 4.69) is 23.7 Å². The zero-order chi connectivity index (χ0) is 14.6.